The van der Waals surface area contributed by atoms with Gasteiger partial charge < -0.3 is 10.4 Å². The van der Waals surface area contributed by atoms with E-state index < -0.39 is 5.60 Å². The fraction of sp³-hybridized carbons (Fsp3) is 0.524. The van der Waals surface area contributed by atoms with E-state index in [2.05, 4.69) is 17.2 Å². The van der Waals surface area contributed by atoms with E-state index in [1.165, 1.54) is 0 Å². The molecule has 1 fully saturated rings. The summed E-state index contributed by atoms with van der Waals surface area (Å²) >= 11 is 6.13. The Balaban J connectivity index is 1.76. The predicted octanol–water partition coefficient (Wildman–Crippen LogP) is 4.81. The quantitative estimate of drug-likeness (QED) is 0.550. The summed E-state index contributed by atoms with van der Waals surface area (Å²) in [5.74, 6) is 0.837. The summed E-state index contributed by atoms with van der Waals surface area (Å²) < 4.78 is 1.87. The van der Waals surface area contributed by atoms with Crippen LogP contribution >= 0.6 is 11.6 Å². The average Bonchev–Trinajstić information content (AvgIpc) is 3.06. The van der Waals surface area contributed by atoms with Crippen LogP contribution in [0.5, 0.6) is 0 Å². The van der Waals surface area contributed by atoms with Crippen LogP contribution in [0.4, 0.5) is 5.82 Å². The maximum atomic E-state index is 10.1. The first kappa shape index (κ1) is 19.9. The number of fused-ring (bicyclic) bond motifs is 1. The molecule has 2 N–H and O–H groups in total. The van der Waals surface area contributed by atoms with E-state index in [0.29, 0.717) is 6.04 Å². The molecule has 2 heterocycles. The molecule has 0 bridgehead atoms. The van der Waals surface area contributed by atoms with Gasteiger partial charge in [0.05, 0.1) is 22.9 Å². The fourth-order valence-corrected chi connectivity index (χ4v) is 3.44. The minimum Gasteiger partial charge on any atom is -0.390 e. The van der Waals surface area contributed by atoms with Crippen molar-refractivity contribution in [1.29, 1.82) is 0 Å². The Morgan fingerprint density at radius 2 is 2.19 bits per heavy atom. The summed E-state index contributed by atoms with van der Waals surface area (Å²) in [6.07, 6.45) is 12.3. The van der Waals surface area contributed by atoms with Crippen molar-refractivity contribution in [1.82, 2.24) is 14.6 Å². The highest BCUT2D eigenvalue weighted by Gasteiger charge is 2.28. The number of halogens is 1. The van der Waals surface area contributed by atoms with Gasteiger partial charge >= 0.3 is 0 Å². The van der Waals surface area contributed by atoms with Crippen LogP contribution in [0.3, 0.4) is 0 Å². The number of alkyl halides is 1. The highest BCUT2D eigenvalue weighted by molar-refractivity contribution is 6.21. The minimum atomic E-state index is -0.525. The molecule has 6 heteroatoms. The lowest BCUT2D eigenvalue weighted by molar-refractivity contribution is 0.0196. The first-order valence-electron chi connectivity index (χ1n) is 9.71. The second-order valence-electron chi connectivity index (χ2n) is 7.71. The molecule has 1 aliphatic carbocycles. The Morgan fingerprint density at radius 3 is 2.89 bits per heavy atom. The number of allylic oxidation sites excluding steroid dienone is 4. The van der Waals surface area contributed by atoms with Gasteiger partial charge in [-0.25, -0.2) is 9.50 Å². The molecule has 146 valence electrons. The molecule has 0 spiro atoms. The number of anilines is 1. The molecule has 1 aliphatic rings. The van der Waals surface area contributed by atoms with E-state index in [4.69, 9.17) is 16.7 Å². The summed E-state index contributed by atoms with van der Waals surface area (Å²) in [6, 6.07) is 4.29. The summed E-state index contributed by atoms with van der Waals surface area (Å²) in [5, 5.41) is 18.4. The minimum absolute atomic E-state index is 0.0569. The number of hydrogen-bond acceptors (Lipinski definition) is 4. The number of nitrogens with zero attached hydrogens (tertiary/aromatic N) is 3. The van der Waals surface area contributed by atoms with Gasteiger partial charge in [0.2, 0.25) is 0 Å². The van der Waals surface area contributed by atoms with Gasteiger partial charge in [-0.1, -0.05) is 25.2 Å². The maximum Gasteiger partial charge on any atom is 0.154 e. The highest BCUT2D eigenvalue weighted by atomic mass is 35.5. The number of hydrogen-bond donors (Lipinski definition) is 2. The lowest BCUT2D eigenvalue weighted by Gasteiger charge is -2.33. The van der Waals surface area contributed by atoms with E-state index in [1.807, 2.05) is 54.9 Å². The van der Waals surface area contributed by atoms with Crippen LogP contribution in [0.15, 0.2) is 36.6 Å². The van der Waals surface area contributed by atoms with Crippen LogP contribution in [0.25, 0.3) is 11.2 Å². The van der Waals surface area contributed by atoms with Crippen LogP contribution in [0.2, 0.25) is 0 Å². The van der Waals surface area contributed by atoms with Gasteiger partial charge in [-0.3, -0.25) is 0 Å². The van der Waals surface area contributed by atoms with Crippen LogP contribution < -0.4 is 5.32 Å². The molecule has 27 heavy (non-hydrogen) atoms. The second-order valence-corrected chi connectivity index (χ2v) is 8.27. The monoisotopic (exact) mass is 388 g/mol. The van der Waals surface area contributed by atoms with Gasteiger partial charge in [0.25, 0.3) is 0 Å². The van der Waals surface area contributed by atoms with Crippen molar-refractivity contribution >= 4 is 28.6 Å². The first-order valence-corrected chi connectivity index (χ1v) is 10.1. The lowest BCUT2D eigenvalue weighted by Crippen LogP contribution is -2.36. The Labute approximate surface area is 166 Å². The van der Waals surface area contributed by atoms with E-state index in [9.17, 15) is 5.11 Å². The topological polar surface area (TPSA) is 62.5 Å². The molecule has 0 saturated heterocycles. The molecular weight excluding hydrogens is 360 g/mol. The molecular formula is C21H29ClN4O. The fourth-order valence-electron chi connectivity index (χ4n) is 3.35. The Kier molecular flexibility index (Phi) is 6.22. The van der Waals surface area contributed by atoms with E-state index in [0.717, 1.165) is 54.8 Å². The van der Waals surface area contributed by atoms with Crippen LogP contribution in [-0.2, 0) is 0 Å². The Morgan fingerprint density at radius 1 is 1.44 bits per heavy atom. The molecule has 0 aromatic carbocycles. The smallest absolute Gasteiger partial charge is 0.154 e. The van der Waals surface area contributed by atoms with E-state index in [1.54, 1.807) is 0 Å². The number of aromatic nitrogens is 3. The van der Waals surface area contributed by atoms with E-state index >= 15 is 0 Å². The zero-order chi connectivity index (χ0) is 19.4. The number of rotatable bonds is 6. The zero-order valence-corrected chi connectivity index (χ0v) is 17.1. The zero-order valence-electron chi connectivity index (χ0n) is 16.3. The summed E-state index contributed by atoms with van der Waals surface area (Å²) in [7, 11) is 0. The third-order valence-electron chi connectivity index (χ3n) is 5.24. The molecule has 1 atom stereocenters. The second kappa shape index (κ2) is 8.44. The van der Waals surface area contributed by atoms with Crippen LogP contribution in [0, 0.1) is 0 Å². The predicted molar refractivity (Wildman–Crippen MR) is 112 cm³/mol. The van der Waals surface area contributed by atoms with Crippen molar-refractivity contribution in [3.8, 4) is 0 Å². The maximum absolute atomic E-state index is 10.1. The third kappa shape index (κ3) is 5.11. The average molecular weight is 389 g/mol. The standard InChI is InChI=1S/C21H29ClN4O/c1-4-16(22)7-5-6-15(2)18-14-23-20-9-8-19(25-26(18)20)24-17-10-12-21(3,27)13-11-17/h5-9,14,16-17,27H,4,10-13H2,1-3H3,(H,24,25)/b7-5-,15-6+/t16?,17-,21-. The van der Waals surface area contributed by atoms with Gasteiger partial charge in [0, 0.05) is 6.04 Å². The number of imidazole rings is 1. The Bertz CT molecular complexity index is 830. The molecule has 1 unspecified atom stereocenters. The summed E-state index contributed by atoms with van der Waals surface area (Å²) in [6.45, 7) is 6.03. The number of nitrogens with one attached hydrogen (secondary N) is 1. The van der Waals surface area contributed by atoms with E-state index in [-0.39, 0.29) is 5.38 Å². The third-order valence-corrected chi connectivity index (χ3v) is 5.69. The first-order chi connectivity index (χ1) is 12.9. The molecule has 2 aromatic heterocycles. The SMILES string of the molecule is CCC(Cl)/C=C\C=C(/C)c1cnc2ccc(N[C@H]3CC[C@](C)(O)CC3)nn12. The summed E-state index contributed by atoms with van der Waals surface area (Å²) in [4.78, 5) is 4.45. The Hall–Kier alpha value is -1.85. The van der Waals surface area contributed by atoms with Crippen molar-refractivity contribution in [2.75, 3.05) is 5.32 Å². The number of aliphatic hydroxyl groups is 1. The van der Waals surface area contributed by atoms with Gasteiger partial charge in [-0.2, -0.15) is 0 Å². The van der Waals surface area contributed by atoms with Crippen LogP contribution in [-0.4, -0.2) is 36.7 Å². The van der Waals surface area contributed by atoms with Crippen molar-refractivity contribution in [3.05, 3.63) is 42.3 Å². The van der Waals surface area contributed by atoms with Crippen molar-refractivity contribution in [3.63, 3.8) is 0 Å². The molecule has 2 aromatic rings. The van der Waals surface area contributed by atoms with Crippen molar-refractivity contribution < 1.29 is 5.11 Å². The molecule has 0 amide bonds. The summed E-state index contributed by atoms with van der Waals surface area (Å²) in [5.41, 5.74) is 2.34. The normalized spacial score (nSPS) is 25.2. The van der Waals surface area contributed by atoms with Gasteiger partial charge in [0.1, 0.15) is 5.82 Å². The van der Waals surface area contributed by atoms with Crippen molar-refractivity contribution in [2.45, 2.75) is 69.9 Å². The van der Waals surface area contributed by atoms with Crippen LogP contribution in [0.1, 0.15) is 58.6 Å². The highest BCUT2D eigenvalue weighted by Crippen LogP contribution is 2.29. The molecule has 0 radical (unpaired) electrons. The van der Waals surface area contributed by atoms with Crippen molar-refractivity contribution in [2.24, 2.45) is 0 Å². The lowest BCUT2D eigenvalue weighted by atomic mass is 9.84. The molecule has 1 saturated carbocycles. The molecule has 3 rings (SSSR count). The largest absolute Gasteiger partial charge is 0.390 e. The van der Waals surface area contributed by atoms with Gasteiger partial charge in [-0.15, -0.1) is 16.7 Å². The molecule has 0 aliphatic heterocycles. The molecule has 5 nitrogen and oxygen atoms in total. The van der Waals surface area contributed by atoms with Gasteiger partial charge in [0.15, 0.2) is 5.65 Å². The van der Waals surface area contributed by atoms with Gasteiger partial charge in [-0.05, 0) is 63.7 Å².